The Morgan fingerprint density at radius 2 is 1.80 bits per heavy atom. The average molecular weight is 422 g/mol. The van der Waals surface area contributed by atoms with Gasteiger partial charge in [-0.25, -0.2) is 4.79 Å². The minimum atomic E-state index is -0.262. The van der Waals surface area contributed by atoms with Crippen molar-refractivity contribution in [1.29, 1.82) is 0 Å². The SMILES string of the molecule is Cc1ccccc1NC(=O)c1nnc([C@H]2CCCN(C(=O)Nc3ccccc3)C2)s1. The molecule has 0 bridgehead atoms. The van der Waals surface area contributed by atoms with Crippen LogP contribution in [0.2, 0.25) is 0 Å². The lowest BCUT2D eigenvalue weighted by Crippen LogP contribution is -2.41. The monoisotopic (exact) mass is 421 g/mol. The molecule has 2 heterocycles. The second-order valence-electron chi connectivity index (χ2n) is 7.30. The van der Waals surface area contributed by atoms with E-state index < -0.39 is 0 Å². The maximum absolute atomic E-state index is 12.6. The van der Waals surface area contributed by atoms with Gasteiger partial charge < -0.3 is 15.5 Å². The van der Waals surface area contributed by atoms with Crippen LogP contribution in [0.4, 0.5) is 16.2 Å². The van der Waals surface area contributed by atoms with Crippen LogP contribution < -0.4 is 10.6 Å². The lowest BCUT2D eigenvalue weighted by atomic mass is 9.99. The fourth-order valence-electron chi connectivity index (χ4n) is 3.47. The first kappa shape index (κ1) is 20.0. The van der Waals surface area contributed by atoms with E-state index in [-0.39, 0.29) is 17.9 Å². The zero-order valence-electron chi connectivity index (χ0n) is 16.7. The van der Waals surface area contributed by atoms with E-state index in [0.29, 0.717) is 18.1 Å². The number of rotatable bonds is 4. The number of benzene rings is 2. The van der Waals surface area contributed by atoms with Gasteiger partial charge in [0.2, 0.25) is 5.01 Å². The highest BCUT2D eigenvalue weighted by Crippen LogP contribution is 2.30. The number of hydrogen-bond donors (Lipinski definition) is 2. The molecule has 7 nitrogen and oxygen atoms in total. The van der Waals surface area contributed by atoms with Crippen molar-refractivity contribution < 1.29 is 9.59 Å². The lowest BCUT2D eigenvalue weighted by molar-refractivity contribution is 0.102. The first-order valence-corrected chi connectivity index (χ1v) is 10.7. The van der Waals surface area contributed by atoms with E-state index in [0.717, 1.165) is 34.8 Å². The van der Waals surface area contributed by atoms with Crippen molar-refractivity contribution in [3.8, 4) is 0 Å². The third-order valence-electron chi connectivity index (χ3n) is 5.11. The van der Waals surface area contributed by atoms with Gasteiger partial charge in [0.05, 0.1) is 0 Å². The first-order valence-electron chi connectivity index (χ1n) is 9.91. The van der Waals surface area contributed by atoms with Crippen molar-refractivity contribution in [2.24, 2.45) is 0 Å². The van der Waals surface area contributed by atoms with Crippen molar-refractivity contribution in [1.82, 2.24) is 15.1 Å². The summed E-state index contributed by atoms with van der Waals surface area (Å²) in [6.07, 6.45) is 1.81. The Bertz CT molecular complexity index is 1040. The number of hydrogen-bond acceptors (Lipinski definition) is 5. The van der Waals surface area contributed by atoms with Crippen LogP contribution >= 0.6 is 11.3 Å². The summed E-state index contributed by atoms with van der Waals surface area (Å²) in [5, 5.41) is 15.3. The Kier molecular flexibility index (Phi) is 6.04. The van der Waals surface area contributed by atoms with Gasteiger partial charge in [0, 0.05) is 30.4 Å². The fourth-order valence-corrected chi connectivity index (χ4v) is 4.33. The molecule has 1 saturated heterocycles. The Labute approximate surface area is 179 Å². The normalized spacial score (nSPS) is 16.2. The zero-order valence-corrected chi connectivity index (χ0v) is 17.5. The van der Waals surface area contributed by atoms with Crippen molar-refractivity contribution in [3.05, 3.63) is 70.2 Å². The molecule has 1 atom stereocenters. The number of aryl methyl sites for hydroxylation is 1. The smallest absolute Gasteiger partial charge is 0.321 e. The van der Waals surface area contributed by atoms with Crippen molar-refractivity contribution in [2.75, 3.05) is 23.7 Å². The number of carbonyl (C=O) groups excluding carboxylic acids is 2. The number of carbonyl (C=O) groups is 2. The highest BCUT2D eigenvalue weighted by Gasteiger charge is 2.28. The zero-order chi connectivity index (χ0) is 20.9. The molecule has 3 amide bonds. The largest absolute Gasteiger partial charge is 0.324 e. The van der Waals surface area contributed by atoms with Gasteiger partial charge in [-0.1, -0.05) is 47.7 Å². The molecule has 0 saturated carbocycles. The number of aromatic nitrogens is 2. The second kappa shape index (κ2) is 9.04. The molecule has 2 aromatic carbocycles. The summed E-state index contributed by atoms with van der Waals surface area (Å²) >= 11 is 1.30. The van der Waals surface area contributed by atoms with Crippen LogP contribution in [-0.2, 0) is 0 Å². The van der Waals surface area contributed by atoms with Crippen molar-refractivity contribution in [3.63, 3.8) is 0 Å². The molecular weight excluding hydrogens is 398 g/mol. The maximum Gasteiger partial charge on any atom is 0.321 e. The van der Waals surface area contributed by atoms with Gasteiger partial charge in [0.25, 0.3) is 5.91 Å². The fraction of sp³-hybridized carbons (Fsp3) is 0.273. The predicted octanol–water partition coefficient (Wildman–Crippen LogP) is 4.51. The molecule has 0 unspecified atom stereocenters. The molecule has 154 valence electrons. The molecule has 0 radical (unpaired) electrons. The highest BCUT2D eigenvalue weighted by atomic mass is 32.1. The van der Waals surface area contributed by atoms with Crippen LogP contribution in [0.5, 0.6) is 0 Å². The van der Waals surface area contributed by atoms with Crippen molar-refractivity contribution in [2.45, 2.75) is 25.7 Å². The number of amides is 3. The number of anilines is 2. The summed E-state index contributed by atoms with van der Waals surface area (Å²) in [6.45, 7) is 3.21. The molecule has 1 fully saturated rings. The van der Waals surface area contributed by atoms with E-state index in [1.165, 1.54) is 11.3 Å². The maximum atomic E-state index is 12.6. The minimum absolute atomic E-state index is 0.0813. The Morgan fingerprint density at radius 3 is 2.60 bits per heavy atom. The van der Waals surface area contributed by atoms with Gasteiger partial charge in [0.15, 0.2) is 0 Å². The number of nitrogens with zero attached hydrogens (tertiary/aromatic N) is 3. The Balaban J connectivity index is 1.39. The van der Waals surface area contributed by atoms with E-state index in [4.69, 9.17) is 0 Å². The molecule has 30 heavy (non-hydrogen) atoms. The van der Waals surface area contributed by atoms with Gasteiger partial charge in [-0.15, -0.1) is 10.2 Å². The topological polar surface area (TPSA) is 87.2 Å². The molecule has 3 aromatic rings. The predicted molar refractivity (Wildman–Crippen MR) is 118 cm³/mol. The summed E-state index contributed by atoms with van der Waals surface area (Å²) in [5.41, 5.74) is 2.53. The summed E-state index contributed by atoms with van der Waals surface area (Å²) < 4.78 is 0. The standard InChI is InChI=1S/C22H23N5O2S/c1-15-8-5-6-12-18(15)24-19(28)21-26-25-20(30-21)16-9-7-13-27(14-16)22(29)23-17-10-3-2-4-11-17/h2-6,8,10-12,16H,7,9,13-14H2,1H3,(H,23,29)(H,24,28)/t16-/m0/s1. The molecule has 4 rings (SSSR count). The Morgan fingerprint density at radius 1 is 1.03 bits per heavy atom. The number of nitrogens with one attached hydrogen (secondary N) is 2. The first-order chi connectivity index (χ1) is 14.6. The number of para-hydroxylation sites is 2. The Hall–Kier alpha value is -3.26. The number of likely N-dealkylation sites (tertiary alicyclic amines) is 1. The molecule has 0 spiro atoms. The molecule has 1 aliphatic heterocycles. The van der Waals surface area contributed by atoms with E-state index in [1.807, 2.05) is 61.5 Å². The van der Waals surface area contributed by atoms with Gasteiger partial charge in [-0.2, -0.15) is 0 Å². The third-order valence-corrected chi connectivity index (χ3v) is 6.20. The minimum Gasteiger partial charge on any atom is -0.324 e. The summed E-state index contributed by atoms with van der Waals surface area (Å²) in [5.74, 6) is -0.180. The van der Waals surface area contributed by atoms with Gasteiger partial charge >= 0.3 is 6.03 Å². The second-order valence-corrected chi connectivity index (χ2v) is 8.30. The van der Waals surface area contributed by atoms with Crippen LogP contribution in [0, 0.1) is 6.92 Å². The summed E-state index contributed by atoms with van der Waals surface area (Å²) in [6, 6.07) is 16.9. The van der Waals surface area contributed by atoms with Crippen LogP contribution in [0.3, 0.4) is 0 Å². The van der Waals surface area contributed by atoms with Gasteiger partial charge in [-0.05, 0) is 43.5 Å². The quantitative estimate of drug-likeness (QED) is 0.649. The summed E-state index contributed by atoms with van der Waals surface area (Å²) in [7, 11) is 0. The number of piperidine rings is 1. The van der Waals surface area contributed by atoms with E-state index >= 15 is 0 Å². The van der Waals surface area contributed by atoms with Crippen LogP contribution in [0.1, 0.15) is 39.1 Å². The molecule has 1 aromatic heterocycles. The molecule has 1 aliphatic rings. The van der Waals surface area contributed by atoms with Crippen molar-refractivity contribution >= 4 is 34.6 Å². The van der Waals surface area contributed by atoms with E-state index in [2.05, 4.69) is 20.8 Å². The lowest BCUT2D eigenvalue weighted by Gasteiger charge is -2.31. The third kappa shape index (κ3) is 4.65. The van der Waals surface area contributed by atoms with Gasteiger partial charge in [0.1, 0.15) is 5.01 Å². The van der Waals surface area contributed by atoms with Crippen LogP contribution in [0.15, 0.2) is 54.6 Å². The van der Waals surface area contributed by atoms with E-state index in [1.54, 1.807) is 4.90 Å². The molecule has 8 heteroatoms. The van der Waals surface area contributed by atoms with Gasteiger partial charge in [-0.3, -0.25) is 4.79 Å². The highest BCUT2D eigenvalue weighted by molar-refractivity contribution is 7.13. The van der Waals surface area contributed by atoms with E-state index in [9.17, 15) is 9.59 Å². The van der Waals surface area contributed by atoms with Crippen LogP contribution in [-0.4, -0.2) is 40.1 Å². The number of urea groups is 1. The average Bonchev–Trinajstić information content (AvgIpc) is 3.27. The molecule has 2 N–H and O–H groups in total. The molecular formula is C22H23N5O2S. The van der Waals surface area contributed by atoms with Crippen LogP contribution in [0.25, 0.3) is 0 Å². The summed E-state index contributed by atoms with van der Waals surface area (Å²) in [4.78, 5) is 27.0. The molecule has 0 aliphatic carbocycles.